The first-order chi connectivity index (χ1) is 10.9. The van der Waals surface area contributed by atoms with Crippen LogP contribution in [0.3, 0.4) is 0 Å². The van der Waals surface area contributed by atoms with E-state index < -0.39 is 0 Å². The molecule has 0 atom stereocenters. The fraction of sp³-hybridized carbons (Fsp3) is 0.312. The molecule has 0 aliphatic heterocycles. The van der Waals surface area contributed by atoms with E-state index in [0.717, 1.165) is 36.2 Å². The molecule has 0 spiro atoms. The summed E-state index contributed by atoms with van der Waals surface area (Å²) >= 11 is 0. The van der Waals surface area contributed by atoms with Gasteiger partial charge < -0.3 is 10.4 Å². The minimum atomic E-state index is 0.0423. The van der Waals surface area contributed by atoms with Crippen molar-refractivity contribution in [1.29, 1.82) is 0 Å². The number of aromatic nitrogens is 4. The Morgan fingerprint density at radius 2 is 2.00 bits per heavy atom. The molecule has 0 bridgehead atoms. The molecule has 1 aromatic carbocycles. The van der Waals surface area contributed by atoms with Crippen LogP contribution in [0.5, 0.6) is 0 Å². The normalized spacial score (nSPS) is 11.0. The number of hydrogen-bond donors (Lipinski definition) is 2. The molecule has 22 heavy (non-hydrogen) atoms. The number of aliphatic hydroxyl groups is 1. The average Bonchev–Trinajstić information content (AvgIpc) is 2.97. The van der Waals surface area contributed by atoms with Crippen molar-refractivity contribution in [2.75, 3.05) is 18.5 Å². The van der Waals surface area contributed by atoms with E-state index in [1.54, 1.807) is 10.9 Å². The molecule has 6 heteroatoms. The van der Waals surface area contributed by atoms with Crippen LogP contribution in [0.2, 0.25) is 0 Å². The quantitative estimate of drug-likeness (QED) is 0.651. The Balaban J connectivity index is 1.62. The molecule has 3 aromatic rings. The van der Waals surface area contributed by atoms with E-state index in [9.17, 15) is 0 Å². The first-order valence-corrected chi connectivity index (χ1v) is 7.43. The van der Waals surface area contributed by atoms with E-state index in [1.165, 1.54) is 11.9 Å². The van der Waals surface area contributed by atoms with Crippen LogP contribution in [0, 0.1) is 0 Å². The van der Waals surface area contributed by atoms with E-state index in [1.807, 2.05) is 6.07 Å². The SMILES string of the molecule is OCCn1ncc2c(NCCCc3ccccc3)ncnc21. The van der Waals surface area contributed by atoms with Crippen molar-refractivity contribution in [1.82, 2.24) is 19.7 Å². The molecule has 2 N–H and O–H groups in total. The zero-order valence-electron chi connectivity index (χ0n) is 12.3. The van der Waals surface area contributed by atoms with Crippen LogP contribution in [0.25, 0.3) is 11.0 Å². The highest BCUT2D eigenvalue weighted by Gasteiger charge is 2.08. The molecule has 0 saturated heterocycles. The molecule has 0 unspecified atom stereocenters. The minimum absolute atomic E-state index is 0.0423. The van der Waals surface area contributed by atoms with E-state index in [2.05, 4.69) is 44.6 Å². The summed E-state index contributed by atoms with van der Waals surface area (Å²) in [6.07, 6.45) is 5.33. The maximum atomic E-state index is 9.03. The van der Waals surface area contributed by atoms with Crippen LogP contribution in [0.4, 0.5) is 5.82 Å². The van der Waals surface area contributed by atoms with Gasteiger partial charge in [0.05, 0.1) is 24.7 Å². The Morgan fingerprint density at radius 1 is 1.14 bits per heavy atom. The lowest BCUT2D eigenvalue weighted by atomic mass is 10.1. The number of rotatable bonds is 7. The van der Waals surface area contributed by atoms with Gasteiger partial charge in [-0.3, -0.25) is 0 Å². The van der Waals surface area contributed by atoms with Crippen molar-refractivity contribution < 1.29 is 5.11 Å². The molecule has 3 rings (SSSR count). The number of aryl methyl sites for hydroxylation is 1. The lowest BCUT2D eigenvalue weighted by Crippen LogP contribution is -2.07. The number of hydrogen-bond acceptors (Lipinski definition) is 5. The molecule has 0 fully saturated rings. The van der Waals surface area contributed by atoms with Crippen LogP contribution in [0.1, 0.15) is 12.0 Å². The molecule has 2 heterocycles. The minimum Gasteiger partial charge on any atom is -0.394 e. The van der Waals surface area contributed by atoms with Crippen LogP contribution < -0.4 is 5.32 Å². The predicted molar refractivity (Wildman–Crippen MR) is 85.7 cm³/mol. The average molecular weight is 297 g/mol. The lowest BCUT2D eigenvalue weighted by molar-refractivity contribution is 0.271. The monoisotopic (exact) mass is 297 g/mol. The third-order valence-corrected chi connectivity index (χ3v) is 3.52. The Morgan fingerprint density at radius 3 is 2.82 bits per heavy atom. The van der Waals surface area contributed by atoms with E-state index in [-0.39, 0.29) is 6.61 Å². The summed E-state index contributed by atoms with van der Waals surface area (Å²) in [6, 6.07) is 10.4. The third-order valence-electron chi connectivity index (χ3n) is 3.52. The molecule has 6 nitrogen and oxygen atoms in total. The topological polar surface area (TPSA) is 75.9 Å². The standard InChI is InChI=1S/C16H19N5O/c22-10-9-21-16-14(11-20-21)15(18-12-19-16)17-8-4-7-13-5-2-1-3-6-13/h1-3,5-6,11-12,22H,4,7-10H2,(H,17,18,19). The summed E-state index contributed by atoms with van der Waals surface area (Å²) in [4.78, 5) is 8.52. The van der Waals surface area contributed by atoms with Gasteiger partial charge in [0, 0.05) is 6.54 Å². The third kappa shape index (κ3) is 3.23. The molecule has 2 aromatic heterocycles. The van der Waals surface area contributed by atoms with Gasteiger partial charge >= 0.3 is 0 Å². The fourth-order valence-electron chi connectivity index (χ4n) is 2.44. The van der Waals surface area contributed by atoms with Gasteiger partial charge in [-0.1, -0.05) is 30.3 Å². The van der Waals surface area contributed by atoms with Gasteiger partial charge in [0.25, 0.3) is 0 Å². The second kappa shape index (κ2) is 7.00. The van der Waals surface area contributed by atoms with Crippen molar-refractivity contribution in [3.05, 3.63) is 48.4 Å². The predicted octanol–water partition coefficient (Wildman–Crippen LogP) is 1.86. The number of nitrogens with one attached hydrogen (secondary N) is 1. The van der Waals surface area contributed by atoms with Gasteiger partial charge in [0.1, 0.15) is 12.1 Å². The van der Waals surface area contributed by atoms with Gasteiger partial charge in [-0.2, -0.15) is 5.10 Å². The number of anilines is 1. The smallest absolute Gasteiger partial charge is 0.163 e. The maximum absolute atomic E-state index is 9.03. The summed E-state index contributed by atoms with van der Waals surface area (Å²) in [6.45, 7) is 1.32. The van der Waals surface area contributed by atoms with Crippen molar-refractivity contribution in [3.63, 3.8) is 0 Å². The molecular weight excluding hydrogens is 278 g/mol. The number of fused-ring (bicyclic) bond motifs is 1. The maximum Gasteiger partial charge on any atom is 0.163 e. The summed E-state index contributed by atoms with van der Waals surface area (Å²) in [7, 11) is 0. The van der Waals surface area contributed by atoms with E-state index in [0.29, 0.717) is 6.54 Å². The summed E-state index contributed by atoms with van der Waals surface area (Å²) in [5.74, 6) is 0.794. The molecule has 0 saturated carbocycles. The zero-order valence-corrected chi connectivity index (χ0v) is 12.3. The first-order valence-electron chi connectivity index (χ1n) is 7.43. The largest absolute Gasteiger partial charge is 0.394 e. The summed E-state index contributed by atoms with van der Waals surface area (Å²) < 4.78 is 1.69. The molecular formula is C16H19N5O. The first kappa shape index (κ1) is 14.5. The lowest BCUT2D eigenvalue weighted by Gasteiger charge is -2.06. The van der Waals surface area contributed by atoms with Gasteiger partial charge in [0.2, 0.25) is 0 Å². The van der Waals surface area contributed by atoms with E-state index >= 15 is 0 Å². The second-order valence-corrected chi connectivity index (χ2v) is 5.07. The molecule has 0 radical (unpaired) electrons. The molecule has 0 aliphatic rings. The van der Waals surface area contributed by atoms with Gasteiger partial charge in [-0.25, -0.2) is 14.6 Å². The van der Waals surface area contributed by atoms with Crippen molar-refractivity contribution in [2.45, 2.75) is 19.4 Å². The summed E-state index contributed by atoms with van der Waals surface area (Å²) in [5.41, 5.74) is 2.09. The Bertz CT molecular complexity index is 726. The molecule has 0 aliphatic carbocycles. The van der Waals surface area contributed by atoms with Crippen molar-refractivity contribution in [3.8, 4) is 0 Å². The highest BCUT2D eigenvalue weighted by atomic mass is 16.3. The van der Waals surface area contributed by atoms with Gasteiger partial charge in [-0.05, 0) is 18.4 Å². The Kier molecular flexibility index (Phi) is 4.60. The highest BCUT2D eigenvalue weighted by molar-refractivity contribution is 5.85. The van der Waals surface area contributed by atoms with E-state index in [4.69, 9.17) is 5.11 Å². The Hall–Kier alpha value is -2.47. The highest BCUT2D eigenvalue weighted by Crippen LogP contribution is 2.18. The van der Waals surface area contributed by atoms with Gasteiger partial charge in [-0.15, -0.1) is 0 Å². The Labute approximate surface area is 128 Å². The fourth-order valence-corrected chi connectivity index (χ4v) is 2.44. The van der Waals surface area contributed by atoms with Crippen LogP contribution in [0.15, 0.2) is 42.9 Å². The summed E-state index contributed by atoms with van der Waals surface area (Å²) in [5, 5.41) is 17.5. The van der Waals surface area contributed by atoms with Crippen LogP contribution >= 0.6 is 0 Å². The van der Waals surface area contributed by atoms with Crippen LogP contribution in [-0.2, 0) is 13.0 Å². The molecule has 114 valence electrons. The van der Waals surface area contributed by atoms with Gasteiger partial charge in [0.15, 0.2) is 5.65 Å². The number of nitrogens with zero attached hydrogens (tertiary/aromatic N) is 4. The zero-order chi connectivity index (χ0) is 15.2. The number of benzene rings is 1. The van der Waals surface area contributed by atoms with Crippen molar-refractivity contribution in [2.24, 2.45) is 0 Å². The number of aliphatic hydroxyl groups excluding tert-OH is 1. The van der Waals surface area contributed by atoms with Crippen molar-refractivity contribution >= 4 is 16.9 Å². The second-order valence-electron chi connectivity index (χ2n) is 5.07. The van der Waals surface area contributed by atoms with Crippen LogP contribution in [-0.4, -0.2) is 38.0 Å². The molecule has 0 amide bonds.